The van der Waals surface area contributed by atoms with Crippen molar-refractivity contribution < 1.29 is 14.6 Å². The molecule has 0 aliphatic carbocycles. The molecule has 1 atom stereocenters. The van der Waals surface area contributed by atoms with Crippen molar-refractivity contribution in [3.8, 4) is 11.1 Å². The van der Waals surface area contributed by atoms with E-state index in [2.05, 4.69) is 4.74 Å². The van der Waals surface area contributed by atoms with E-state index in [1.165, 1.54) is 7.11 Å². The lowest BCUT2D eigenvalue weighted by atomic mass is 9.95. The van der Waals surface area contributed by atoms with Gasteiger partial charge in [0.15, 0.2) is 6.10 Å². The number of ether oxygens (including phenoxy) is 1. The van der Waals surface area contributed by atoms with Crippen LogP contribution >= 0.6 is 0 Å². The maximum absolute atomic E-state index is 11.5. The summed E-state index contributed by atoms with van der Waals surface area (Å²) in [7, 11) is 1.26. The summed E-state index contributed by atoms with van der Waals surface area (Å²) in [6.45, 7) is 2.01. The summed E-state index contributed by atoms with van der Waals surface area (Å²) in [5.41, 5.74) is 3.51. The minimum absolute atomic E-state index is 0.554. The number of aliphatic hydroxyl groups excluding tert-OH is 1. The zero-order chi connectivity index (χ0) is 13.8. The highest BCUT2D eigenvalue weighted by Crippen LogP contribution is 2.28. The van der Waals surface area contributed by atoms with Crippen LogP contribution in [0.1, 0.15) is 17.2 Å². The van der Waals surface area contributed by atoms with Gasteiger partial charge in [-0.25, -0.2) is 4.79 Å². The maximum atomic E-state index is 11.5. The van der Waals surface area contributed by atoms with Crippen LogP contribution in [0.4, 0.5) is 0 Å². The van der Waals surface area contributed by atoms with Crippen molar-refractivity contribution in [3.63, 3.8) is 0 Å². The normalized spacial score (nSPS) is 11.9. The van der Waals surface area contributed by atoms with Gasteiger partial charge in [0, 0.05) is 0 Å². The highest BCUT2D eigenvalue weighted by molar-refractivity contribution is 5.80. The lowest BCUT2D eigenvalue weighted by molar-refractivity contribution is -0.150. The van der Waals surface area contributed by atoms with Crippen LogP contribution < -0.4 is 0 Å². The fourth-order valence-electron chi connectivity index (χ4n) is 1.97. The largest absolute Gasteiger partial charge is 0.467 e. The second kappa shape index (κ2) is 5.67. The summed E-state index contributed by atoms with van der Waals surface area (Å²) in [4.78, 5) is 11.5. The second-order valence-corrected chi connectivity index (χ2v) is 4.38. The van der Waals surface area contributed by atoms with Gasteiger partial charge < -0.3 is 9.84 Å². The molecule has 1 N–H and O–H groups in total. The number of methoxy groups -OCH3 is 1. The summed E-state index contributed by atoms with van der Waals surface area (Å²) in [6, 6.07) is 15.2. The molecule has 0 radical (unpaired) electrons. The minimum atomic E-state index is -1.26. The van der Waals surface area contributed by atoms with Crippen LogP contribution in [-0.2, 0) is 9.53 Å². The number of hydrogen-bond donors (Lipinski definition) is 1. The van der Waals surface area contributed by atoms with Gasteiger partial charge in [-0.1, -0.05) is 54.1 Å². The first-order chi connectivity index (χ1) is 9.13. The van der Waals surface area contributed by atoms with Crippen molar-refractivity contribution in [2.75, 3.05) is 7.11 Å². The third-order valence-corrected chi connectivity index (χ3v) is 3.04. The Labute approximate surface area is 112 Å². The second-order valence-electron chi connectivity index (χ2n) is 4.38. The predicted octanol–water partition coefficient (Wildman–Crippen LogP) is 2.87. The Bertz CT molecular complexity index is 573. The molecule has 2 aromatic carbocycles. The fraction of sp³-hybridized carbons (Fsp3) is 0.188. The quantitative estimate of drug-likeness (QED) is 0.859. The first-order valence-corrected chi connectivity index (χ1v) is 6.05. The van der Waals surface area contributed by atoms with E-state index < -0.39 is 12.1 Å². The number of esters is 1. The van der Waals surface area contributed by atoms with Crippen LogP contribution in [0.25, 0.3) is 11.1 Å². The van der Waals surface area contributed by atoms with Crippen molar-refractivity contribution in [2.24, 2.45) is 0 Å². The van der Waals surface area contributed by atoms with E-state index >= 15 is 0 Å². The zero-order valence-electron chi connectivity index (χ0n) is 11.0. The first kappa shape index (κ1) is 13.3. The summed E-state index contributed by atoms with van der Waals surface area (Å²) in [6.07, 6.45) is -1.26. The van der Waals surface area contributed by atoms with E-state index in [9.17, 15) is 9.90 Å². The van der Waals surface area contributed by atoms with Gasteiger partial charge >= 0.3 is 5.97 Å². The number of benzene rings is 2. The van der Waals surface area contributed by atoms with Gasteiger partial charge in [0.25, 0.3) is 0 Å². The zero-order valence-corrected chi connectivity index (χ0v) is 11.0. The maximum Gasteiger partial charge on any atom is 0.339 e. The minimum Gasteiger partial charge on any atom is -0.467 e. The lowest BCUT2D eigenvalue weighted by Gasteiger charge is -2.14. The molecule has 0 spiro atoms. The number of aliphatic hydroxyl groups is 1. The fourth-order valence-corrected chi connectivity index (χ4v) is 1.97. The Morgan fingerprint density at radius 1 is 1.11 bits per heavy atom. The van der Waals surface area contributed by atoms with E-state index in [4.69, 9.17) is 0 Å². The molecule has 0 heterocycles. The summed E-state index contributed by atoms with van der Waals surface area (Å²) >= 11 is 0. The van der Waals surface area contributed by atoms with Crippen molar-refractivity contribution >= 4 is 5.97 Å². The Balaban J connectivity index is 2.46. The van der Waals surface area contributed by atoms with Gasteiger partial charge in [-0.3, -0.25) is 0 Å². The molecule has 0 saturated carbocycles. The molecule has 0 amide bonds. The van der Waals surface area contributed by atoms with Crippen LogP contribution in [0, 0.1) is 6.92 Å². The monoisotopic (exact) mass is 256 g/mol. The van der Waals surface area contributed by atoms with E-state index in [1.54, 1.807) is 12.1 Å². The molecule has 3 nitrogen and oxygen atoms in total. The number of aryl methyl sites for hydroxylation is 1. The van der Waals surface area contributed by atoms with Gasteiger partial charge in [-0.05, 0) is 23.6 Å². The molecule has 2 aromatic rings. The molecule has 98 valence electrons. The third kappa shape index (κ3) is 2.83. The Kier molecular flexibility index (Phi) is 3.97. The van der Waals surface area contributed by atoms with E-state index in [1.807, 2.05) is 43.3 Å². The van der Waals surface area contributed by atoms with Crippen molar-refractivity contribution in [3.05, 3.63) is 59.7 Å². The van der Waals surface area contributed by atoms with Crippen LogP contribution in [0.5, 0.6) is 0 Å². The lowest BCUT2D eigenvalue weighted by Crippen LogP contribution is -2.14. The molecule has 19 heavy (non-hydrogen) atoms. The molecule has 2 rings (SSSR count). The number of carbonyl (C=O) groups excluding carboxylic acids is 1. The molecule has 0 fully saturated rings. The van der Waals surface area contributed by atoms with Gasteiger partial charge in [0.1, 0.15) is 0 Å². The topological polar surface area (TPSA) is 46.5 Å². The molecule has 0 saturated heterocycles. The molecular weight excluding hydrogens is 240 g/mol. The van der Waals surface area contributed by atoms with E-state index in [0.29, 0.717) is 5.56 Å². The van der Waals surface area contributed by atoms with E-state index in [0.717, 1.165) is 16.7 Å². The highest BCUT2D eigenvalue weighted by Gasteiger charge is 2.21. The molecule has 3 heteroatoms. The molecule has 0 bridgehead atoms. The standard InChI is InChI=1S/C16H16O3/c1-11-7-9-12(10-8-11)13-5-3-4-6-14(13)15(17)16(18)19-2/h3-10,15,17H,1-2H3. The Hall–Kier alpha value is -2.13. The summed E-state index contributed by atoms with van der Waals surface area (Å²) in [5, 5.41) is 10.0. The average molecular weight is 256 g/mol. The Morgan fingerprint density at radius 3 is 2.37 bits per heavy atom. The molecule has 0 aliphatic rings. The number of carbonyl (C=O) groups is 1. The van der Waals surface area contributed by atoms with Crippen LogP contribution in [0.15, 0.2) is 48.5 Å². The molecule has 0 aromatic heterocycles. The SMILES string of the molecule is COC(=O)C(O)c1ccccc1-c1ccc(C)cc1. The number of hydrogen-bond acceptors (Lipinski definition) is 3. The smallest absolute Gasteiger partial charge is 0.339 e. The Morgan fingerprint density at radius 2 is 1.74 bits per heavy atom. The highest BCUT2D eigenvalue weighted by atomic mass is 16.5. The number of rotatable bonds is 3. The van der Waals surface area contributed by atoms with Crippen molar-refractivity contribution in [1.29, 1.82) is 0 Å². The van der Waals surface area contributed by atoms with Gasteiger partial charge in [-0.15, -0.1) is 0 Å². The first-order valence-electron chi connectivity index (χ1n) is 6.05. The average Bonchev–Trinajstić information content (AvgIpc) is 2.46. The summed E-state index contributed by atoms with van der Waals surface area (Å²) < 4.78 is 4.59. The van der Waals surface area contributed by atoms with Crippen LogP contribution in [0.2, 0.25) is 0 Å². The van der Waals surface area contributed by atoms with Crippen LogP contribution in [-0.4, -0.2) is 18.2 Å². The van der Waals surface area contributed by atoms with Gasteiger partial charge in [-0.2, -0.15) is 0 Å². The molecule has 1 unspecified atom stereocenters. The van der Waals surface area contributed by atoms with Gasteiger partial charge in [0.05, 0.1) is 7.11 Å². The molecule has 0 aliphatic heterocycles. The van der Waals surface area contributed by atoms with Crippen LogP contribution in [0.3, 0.4) is 0 Å². The van der Waals surface area contributed by atoms with E-state index in [-0.39, 0.29) is 0 Å². The van der Waals surface area contributed by atoms with Crippen molar-refractivity contribution in [2.45, 2.75) is 13.0 Å². The summed E-state index contributed by atoms with van der Waals surface area (Å²) in [5.74, 6) is -0.653. The predicted molar refractivity (Wildman–Crippen MR) is 73.6 cm³/mol. The van der Waals surface area contributed by atoms with Crippen molar-refractivity contribution in [1.82, 2.24) is 0 Å². The third-order valence-electron chi connectivity index (χ3n) is 3.04. The molecular formula is C16H16O3. The van der Waals surface area contributed by atoms with Gasteiger partial charge in [0.2, 0.25) is 0 Å².